The van der Waals surface area contributed by atoms with Crippen LogP contribution < -0.4 is 5.90 Å². The lowest BCUT2D eigenvalue weighted by Gasteiger charge is -1.89. The van der Waals surface area contributed by atoms with Gasteiger partial charge >= 0.3 is 0 Å². The molecule has 0 bridgehead atoms. The predicted molar refractivity (Wildman–Crippen MR) is 24.7 cm³/mol. The van der Waals surface area contributed by atoms with Gasteiger partial charge in [0.05, 0.1) is 5.75 Å². The maximum atomic E-state index is 10.0. The lowest BCUT2D eigenvalue weighted by Crippen LogP contribution is -2.12. The molecule has 0 fully saturated rings. The molecule has 0 aliphatic carbocycles. The Morgan fingerprint density at radius 1 is 1.71 bits per heavy atom. The van der Waals surface area contributed by atoms with Crippen LogP contribution in [-0.2, 0) is 14.4 Å². The van der Waals surface area contributed by atoms with E-state index in [4.69, 9.17) is 0 Å². The van der Waals surface area contributed by atoms with E-state index in [1.807, 2.05) is 0 Å². The summed E-state index contributed by atoms with van der Waals surface area (Å²) in [4.78, 5) is 0. The van der Waals surface area contributed by atoms with Crippen molar-refractivity contribution in [2.75, 3.05) is 5.75 Å². The largest absolute Gasteiger partial charge is 0.282 e. The Bertz CT molecular complexity index is 116. The standard InChI is InChI=1S/C2H7NO3S/c1-2-7(4,5)6-3/h2-3H2,1H3. The molecule has 0 atom stereocenters. The molecule has 0 unspecified atom stereocenters. The van der Waals surface area contributed by atoms with Crippen molar-refractivity contribution >= 4 is 10.1 Å². The van der Waals surface area contributed by atoms with Gasteiger partial charge in [-0.15, -0.1) is 0 Å². The summed E-state index contributed by atoms with van der Waals surface area (Å²) < 4.78 is 23.6. The van der Waals surface area contributed by atoms with E-state index in [2.05, 4.69) is 10.2 Å². The third-order valence-electron chi connectivity index (χ3n) is 0.500. The summed E-state index contributed by atoms with van der Waals surface area (Å²) in [5.41, 5.74) is 0. The van der Waals surface area contributed by atoms with Crippen LogP contribution in [0.25, 0.3) is 0 Å². The van der Waals surface area contributed by atoms with Crippen molar-refractivity contribution in [2.45, 2.75) is 6.92 Å². The zero-order chi connectivity index (χ0) is 5.91. The minimum atomic E-state index is -3.38. The third kappa shape index (κ3) is 2.55. The molecular formula is C2H7NO3S. The summed E-state index contributed by atoms with van der Waals surface area (Å²) in [6.07, 6.45) is 0. The molecule has 2 N–H and O–H groups in total. The first kappa shape index (κ1) is 6.87. The molecule has 44 valence electrons. The molecule has 0 aromatic carbocycles. The van der Waals surface area contributed by atoms with Gasteiger partial charge in [-0.2, -0.15) is 18.6 Å². The van der Waals surface area contributed by atoms with Crippen LogP contribution in [0, 0.1) is 0 Å². The number of hydrogen-bond donors (Lipinski definition) is 1. The van der Waals surface area contributed by atoms with Gasteiger partial charge in [-0.05, 0) is 6.92 Å². The van der Waals surface area contributed by atoms with Crippen molar-refractivity contribution in [1.29, 1.82) is 0 Å². The van der Waals surface area contributed by atoms with E-state index in [9.17, 15) is 8.42 Å². The van der Waals surface area contributed by atoms with Crippen molar-refractivity contribution in [3.05, 3.63) is 0 Å². The Labute approximate surface area is 42.3 Å². The topological polar surface area (TPSA) is 69.4 Å². The van der Waals surface area contributed by atoms with E-state index in [0.717, 1.165) is 0 Å². The molecule has 0 heterocycles. The Morgan fingerprint density at radius 2 is 2.14 bits per heavy atom. The smallest absolute Gasteiger partial charge is 0.198 e. The monoisotopic (exact) mass is 125 g/mol. The fourth-order valence-electron chi connectivity index (χ4n) is 0.0680. The number of rotatable bonds is 2. The van der Waals surface area contributed by atoms with Crippen LogP contribution in [-0.4, -0.2) is 14.2 Å². The van der Waals surface area contributed by atoms with E-state index in [1.165, 1.54) is 6.92 Å². The first-order valence-corrected chi connectivity index (χ1v) is 3.31. The Balaban J connectivity index is 3.89. The van der Waals surface area contributed by atoms with Crippen LogP contribution in [0.15, 0.2) is 0 Å². The van der Waals surface area contributed by atoms with Crippen LogP contribution in [0.2, 0.25) is 0 Å². The van der Waals surface area contributed by atoms with Crippen LogP contribution >= 0.6 is 0 Å². The van der Waals surface area contributed by atoms with Crippen molar-refractivity contribution in [3.8, 4) is 0 Å². The van der Waals surface area contributed by atoms with Crippen molar-refractivity contribution in [3.63, 3.8) is 0 Å². The summed E-state index contributed by atoms with van der Waals surface area (Å²) in [6.45, 7) is 1.45. The van der Waals surface area contributed by atoms with E-state index in [1.54, 1.807) is 0 Å². The van der Waals surface area contributed by atoms with Crippen LogP contribution in [0.1, 0.15) is 6.92 Å². The summed E-state index contributed by atoms with van der Waals surface area (Å²) in [5.74, 6) is 4.25. The zero-order valence-electron chi connectivity index (χ0n) is 3.92. The highest BCUT2D eigenvalue weighted by Crippen LogP contribution is 1.82. The molecule has 0 aromatic rings. The van der Waals surface area contributed by atoms with E-state index >= 15 is 0 Å². The first-order valence-electron chi connectivity index (χ1n) is 1.73. The fourth-order valence-corrected chi connectivity index (χ4v) is 0.204. The molecule has 5 heteroatoms. The SMILES string of the molecule is CCS(=O)(=O)ON. The van der Waals surface area contributed by atoms with E-state index in [-0.39, 0.29) is 5.75 Å². The summed E-state index contributed by atoms with van der Waals surface area (Å²) in [5, 5.41) is 0. The maximum absolute atomic E-state index is 10.0. The van der Waals surface area contributed by atoms with E-state index < -0.39 is 10.1 Å². The van der Waals surface area contributed by atoms with Gasteiger partial charge in [-0.3, -0.25) is 0 Å². The molecule has 7 heavy (non-hydrogen) atoms. The van der Waals surface area contributed by atoms with Crippen molar-refractivity contribution < 1.29 is 12.7 Å². The van der Waals surface area contributed by atoms with Crippen LogP contribution in [0.4, 0.5) is 0 Å². The minimum Gasteiger partial charge on any atom is -0.198 e. The van der Waals surface area contributed by atoms with Crippen molar-refractivity contribution in [2.24, 2.45) is 5.90 Å². The van der Waals surface area contributed by atoms with Gasteiger partial charge in [0.1, 0.15) is 0 Å². The fraction of sp³-hybridized carbons (Fsp3) is 1.00. The third-order valence-corrected chi connectivity index (χ3v) is 1.50. The normalized spacial score (nSPS) is 11.7. The zero-order valence-corrected chi connectivity index (χ0v) is 4.73. The Morgan fingerprint density at radius 3 is 2.14 bits per heavy atom. The number of nitrogens with two attached hydrogens (primary N) is 1. The second kappa shape index (κ2) is 2.25. The molecule has 0 rings (SSSR count). The van der Waals surface area contributed by atoms with Crippen LogP contribution in [0.5, 0.6) is 0 Å². The molecule has 0 saturated heterocycles. The molecule has 0 amide bonds. The average Bonchev–Trinajstić information content (AvgIpc) is 1.68. The lowest BCUT2D eigenvalue weighted by molar-refractivity contribution is 0.334. The number of hydrogen-bond acceptors (Lipinski definition) is 4. The van der Waals surface area contributed by atoms with Gasteiger partial charge in [-0.25, -0.2) is 0 Å². The molecular weight excluding hydrogens is 118 g/mol. The summed E-state index contributed by atoms with van der Waals surface area (Å²) >= 11 is 0. The summed E-state index contributed by atoms with van der Waals surface area (Å²) in [6, 6.07) is 0. The summed E-state index contributed by atoms with van der Waals surface area (Å²) in [7, 11) is -3.38. The van der Waals surface area contributed by atoms with Gasteiger partial charge < -0.3 is 0 Å². The molecule has 0 aliphatic heterocycles. The second-order valence-electron chi connectivity index (χ2n) is 0.943. The van der Waals surface area contributed by atoms with Gasteiger partial charge in [0, 0.05) is 0 Å². The molecule has 0 aliphatic rings. The second-order valence-corrected chi connectivity index (χ2v) is 2.83. The molecule has 0 radical (unpaired) electrons. The van der Waals surface area contributed by atoms with Gasteiger partial charge in [-0.1, -0.05) is 0 Å². The molecule has 0 saturated carbocycles. The molecule has 0 spiro atoms. The highest BCUT2D eigenvalue weighted by molar-refractivity contribution is 7.86. The lowest BCUT2D eigenvalue weighted by atomic mass is 11.0. The van der Waals surface area contributed by atoms with Crippen LogP contribution in [0.3, 0.4) is 0 Å². The van der Waals surface area contributed by atoms with E-state index in [0.29, 0.717) is 0 Å². The highest BCUT2D eigenvalue weighted by atomic mass is 32.2. The Hall–Kier alpha value is -0.130. The quantitative estimate of drug-likeness (QED) is 0.492. The van der Waals surface area contributed by atoms with Gasteiger partial charge in [0.25, 0.3) is 10.1 Å². The van der Waals surface area contributed by atoms with Crippen molar-refractivity contribution in [1.82, 2.24) is 0 Å². The predicted octanol–water partition coefficient (Wildman–Crippen LogP) is -0.774. The molecule has 0 aromatic heterocycles. The van der Waals surface area contributed by atoms with Gasteiger partial charge in [0.2, 0.25) is 0 Å². The van der Waals surface area contributed by atoms with Gasteiger partial charge in [0.15, 0.2) is 0 Å². The Kier molecular flexibility index (Phi) is 2.21. The minimum absolute atomic E-state index is 0.0799. The first-order chi connectivity index (χ1) is 3.12. The highest BCUT2D eigenvalue weighted by Gasteiger charge is 2.01. The molecule has 4 nitrogen and oxygen atoms in total. The maximum Gasteiger partial charge on any atom is 0.282 e. The average molecular weight is 125 g/mol.